The molecule has 1 unspecified atom stereocenters. The summed E-state index contributed by atoms with van der Waals surface area (Å²) in [6.45, 7) is 0. The van der Waals surface area contributed by atoms with Crippen LogP contribution in [0.2, 0.25) is 0 Å². The number of hydrogen-bond acceptors (Lipinski definition) is 7. The summed E-state index contributed by atoms with van der Waals surface area (Å²) in [7, 11) is 0. The molecule has 0 aliphatic heterocycles. The molecular formula is C16H16N6O4. The van der Waals surface area contributed by atoms with Crippen molar-refractivity contribution in [2.45, 2.75) is 18.9 Å². The van der Waals surface area contributed by atoms with E-state index in [4.69, 9.17) is 15.4 Å². The van der Waals surface area contributed by atoms with E-state index in [1.165, 1.54) is 16.2 Å². The normalized spacial score (nSPS) is 12.5. The molecule has 10 nitrogen and oxygen atoms in total. The quantitative estimate of drug-likeness (QED) is 0.322. The van der Waals surface area contributed by atoms with Gasteiger partial charge >= 0.3 is 0 Å². The third-order valence-corrected chi connectivity index (χ3v) is 3.62. The molecule has 0 aliphatic rings. The summed E-state index contributed by atoms with van der Waals surface area (Å²) < 4.78 is 7.26. The fraction of sp³-hybridized carbons (Fsp3) is 0.188. The van der Waals surface area contributed by atoms with Gasteiger partial charge in [-0.3, -0.25) is 14.8 Å². The number of fused-ring (bicyclic) bond motifs is 1. The molecule has 0 aliphatic carbocycles. The molecule has 0 fully saturated rings. The van der Waals surface area contributed by atoms with Crippen molar-refractivity contribution in [1.29, 1.82) is 0 Å². The van der Waals surface area contributed by atoms with E-state index in [-0.39, 0.29) is 6.42 Å². The number of rotatable bonds is 7. The van der Waals surface area contributed by atoms with Crippen LogP contribution in [-0.2, 0) is 9.59 Å². The Hall–Kier alpha value is -3.53. The van der Waals surface area contributed by atoms with Crippen LogP contribution in [0.1, 0.15) is 30.5 Å². The number of benzene rings is 1. The topological polar surface area (TPSA) is 149 Å². The molecule has 0 radical (unpaired) electrons. The lowest BCUT2D eigenvalue weighted by atomic mass is 10.1. The van der Waals surface area contributed by atoms with E-state index < -0.39 is 17.9 Å². The Morgan fingerprint density at radius 3 is 2.92 bits per heavy atom. The molecule has 3 rings (SSSR count). The van der Waals surface area contributed by atoms with Gasteiger partial charge in [0.1, 0.15) is 17.3 Å². The monoisotopic (exact) mass is 356 g/mol. The predicted octanol–water partition coefficient (Wildman–Crippen LogP) is 0.793. The van der Waals surface area contributed by atoms with Crippen LogP contribution in [0.25, 0.3) is 17.2 Å². The SMILES string of the molecule is NC(=O)CCC(c1nc2ccccc2o1)n1cc(/C=C/C(=O)NO)nn1. The Kier molecular flexibility index (Phi) is 5.04. The number of nitrogens with two attached hydrogens (primary N) is 1. The van der Waals surface area contributed by atoms with Crippen molar-refractivity contribution in [3.05, 3.63) is 48.1 Å². The smallest absolute Gasteiger partial charge is 0.267 e. The van der Waals surface area contributed by atoms with Gasteiger partial charge in [-0.2, -0.15) is 0 Å². The largest absolute Gasteiger partial charge is 0.438 e. The molecule has 1 atom stereocenters. The first kappa shape index (κ1) is 17.3. The third-order valence-electron chi connectivity index (χ3n) is 3.62. The number of aromatic nitrogens is 4. The second-order valence-corrected chi connectivity index (χ2v) is 5.47. The number of para-hydroxylation sites is 2. The van der Waals surface area contributed by atoms with Gasteiger partial charge in [-0.1, -0.05) is 17.3 Å². The predicted molar refractivity (Wildman–Crippen MR) is 89.6 cm³/mol. The molecule has 134 valence electrons. The van der Waals surface area contributed by atoms with Gasteiger partial charge in [0, 0.05) is 12.5 Å². The summed E-state index contributed by atoms with van der Waals surface area (Å²) >= 11 is 0. The first-order valence-electron chi connectivity index (χ1n) is 7.74. The number of oxazole rings is 1. The van der Waals surface area contributed by atoms with Crippen molar-refractivity contribution in [1.82, 2.24) is 25.5 Å². The molecule has 0 saturated carbocycles. The van der Waals surface area contributed by atoms with E-state index in [0.29, 0.717) is 29.1 Å². The van der Waals surface area contributed by atoms with Gasteiger partial charge in [0.15, 0.2) is 5.58 Å². The van der Waals surface area contributed by atoms with Gasteiger partial charge in [-0.25, -0.2) is 15.1 Å². The summed E-state index contributed by atoms with van der Waals surface area (Å²) in [6, 6.07) is 6.80. The molecule has 0 spiro atoms. The van der Waals surface area contributed by atoms with Crippen LogP contribution in [-0.4, -0.2) is 37.0 Å². The Labute approximate surface area is 147 Å². The molecule has 0 saturated heterocycles. The number of hydrogen-bond donors (Lipinski definition) is 3. The van der Waals surface area contributed by atoms with Crippen LogP contribution in [0, 0.1) is 0 Å². The number of primary amides is 1. The fourth-order valence-electron chi connectivity index (χ4n) is 2.40. The third kappa shape index (κ3) is 3.92. The van der Waals surface area contributed by atoms with Crippen LogP contribution < -0.4 is 11.2 Å². The van der Waals surface area contributed by atoms with Gasteiger partial charge in [0.05, 0.1) is 6.20 Å². The van der Waals surface area contributed by atoms with Crippen molar-refractivity contribution >= 4 is 29.0 Å². The van der Waals surface area contributed by atoms with Crippen molar-refractivity contribution < 1.29 is 19.2 Å². The molecule has 0 bridgehead atoms. The van der Waals surface area contributed by atoms with Crippen molar-refractivity contribution in [3.63, 3.8) is 0 Å². The Morgan fingerprint density at radius 2 is 2.19 bits per heavy atom. The molecule has 1 aromatic carbocycles. The molecule has 26 heavy (non-hydrogen) atoms. The lowest BCUT2D eigenvalue weighted by molar-refractivity contribution is -0.124. The molecule has 3 aromatic rings. The Morgan fingerprint density at radius 1 is 1.38 bits per heavy atom. The van der Waals surface area contributed by atoms with Crippen molar-refractivity contribution in [2.75, 3.05) is 0 Å². The highest BCUT2D eigenvalue weighted by atomic mass is 16.5. The first-order valence-corrected chi connectivity index (χ1v) is 7.74. The van der Waals surface area contributed by atoms with Gasteiger partial charge in [0.25, 0.3) is 5.91 Å². The summed E-state index contributed by atoms with van der Waals surface area (Å²) in [6.07, 6.45) is 4.49. The van der Waals surface area contributed by atoms with Gasteiger partial charge < -0.3 is 10.2 Å². The van der Waals surface area contributed by atoms with Crippen LogP contribution in [0.15, 0.2) is 41.0 Å². The number of carbonyl (C=O) groups excluding carboxylic acids is 2. The highest BCUT2D eigenvalue weighted by Gasteiger charge is 2.22. The summed E-state index contributed by atoms with van der Waals surface area (Å²) in [5.41, 5.74) is 8.43. The maximum absolute atomic E-state index is 11.2. The highest BCUT2D eigenvalue weighted by Crippen LogP contribution is 2.26. The zero-order valence-corrected chi connectivity index (χ0v) is 13.6. The van der Waals surface area contributed by atoms with Gasteiger partial charge in [0.2, 0.25) is 11.8 Å². The lowest BCUT2D eigenvalue weighted by Gasteiger charge is -2.12. The second-order valence-electron chi connectivity index (χ2n) is 5.47. The maximum Gasteiger partial charge on any atom is 0.267 e. The van der Waals surface area contributed by atoms with E-state index in [0.717, 1.165) is 6.08 Å². The van der Waals surface area contributed by atoms with Crippen LogP contribution in [0.5, 0.6) is 0 Å². The number of nitrogens with zero attached hydrogens (tertiary/aromatic N) is 4. The number of carbonyl (C=O) groups is 2. The van der Waals surface area contributed by atoms with Crippen LogP contribution >= 0.6 is 0 Å². The van der Waals surface area contributed by atoms with Crippen LogP contribution in [0.3, 0.4) is 0 Å². The molecular weight excluding hydrogens is 340 g/mol. The number of nitrogens with one attached hydrogen (secondary N) is 1. The maximum atomic E-state index is 11.2. The van der Waals surface area contributed by atoms with Gasteiger partial charge in [-0.15, -0.1) is 5.10 Å². The molecule has 10 heteroatoms. The molecule has 2 heterocycles. The van der Waals surface area contributed by atoms with Crippen LogP contribution in [0.4, 0.5) is 0 Å². The van der Waals surface area contributed by atoms with Gasteiger partial charge in [-0.05, 0) is 24.6 Å². The second kappa shape index (κ2) is 7.57. The molecule has 2 amide bonds. The summed E-state index contributed by atoms with van der Waals surface area (Å²) in [5.74, 6) is -0.768. The molecule has 4 N–H and O–H groups in total. The average Bonchev–Trinajstić information content (AvgIpc) is 3.26. The van der Waals surface area contributed by atoms with Crippen molar-refractivity contribution in [2.24, 2.45) is 5.73 Å². The Balaban J connectivity index is 1.91. The minimum Gasteiger partial charge on any atom is -0.438 e. The average molecular weight is 356 g/mol. The number of hydroxylamine groups is 1. The zero-order valence-electron chi connectivity index (χ0n) is 13.6. The number of amides is 2. The fourth-order valence-corrected chi connectivity index (χ4v) is 2.40. The van der Waals surface area contributed by atoms with Crippen molar-refractivity contribution in [3.8, 4) is 0 Å². The minimum atomic E-state index is -0.691. The molecule has 2 aromatic heterocycles. The Bertz CT molecular complexity index is 927. The lowest BCUT2D eigenvalue weighted by Crippen LogP contribution is -2.17. The minimum absolute atomic E-state index is 0.112. The standard InChI is InChI=1S/C16H16N6O4/c17-14(23)7-6-12(16-18-11-3-1-2-4-13(11)26-16)22-9-10(19-21-22)5-8-15(24)20-25/h1-5,8-9,12,25H,6-7H2,(H2,17,23)(H,20,24)/b8-5+. The van der Waals surface area contributed by atoms with E-state index in [9.17, 15) is 9.59 Å². The summed E-state index contributed by atoms with van der Waals surface area (Å²) in [4.78, 5) is 26.7. The van der Waals surface area contributed by atoms with E-state index >= 15 is 0 Å². The highest BCUT2D eigenvalue weighted by molar-refractivity contribution is 5.90. The van der Waals surface area contributed by atoms with E-state index in [1.807, 2.05) is 18.2 Å². The first-order chi connectivity index (χ1) is 12.6. The van der Waals surface area contributed by atoms with E-state index in [1.54, 1.807) is 12.3 Å². The van der Waals surface area contributed by atoms with E-state index in [2.05, 4.69) is 15.3 Å². The summed E-state index contributed by atoms with van der Waals surface area (Å²) in [5, 5.41) is 16.4. The zero-order chi connectivity index (χ0) is 18.5.